The minimum absolute atomic E-state index is 0.167. The van der Waals surface area contributed by atoms with E-state index in [0.717, 1.165) is 21.8 Å². The molecule has 142 valence electrons. The van der Waals surface area contributed by atoms with E-state index in [1.54, 1.807) is 42.5 Å². The van der Waals surface area contributed by atoms with Crippen LogP contribution in [0.5, 0.6) is 0 Å². The van der Waals surface area contributed by atoms with E-state index in [-0.39, 0.29) is 17.1 Å². The number of nitrogens with zero attached hydrogens (tertiary/aromatic N) is 3. The van der Waals surface area contributed by atoms with Crippen molar-refractivity contribution in [1.29, 1.82) is 0 Å². The van der Waals surface area contributed by atoms with Gasteiger partial charge in [-0.15, -0.1) is 0 Å². The Kier molecular flexibility index (Phi) is 5.12. The Balaban J connectivity index is 1.64. The van der Waals surface area contributed by atoms with Crippen molar-refractivity contribution in [3.63, 3.8) is 0 Å². The summed E-state index contributed by atoms with van der Waals surface area (Å²) in [5.41, 5.74) is 2.99. The zero-order valence-corrected chi connectivity index (χ0v) is 15.9. The predicted octanol–water partition coefficient (Wildman–Crippen LogP) is 3.74. The second-order valence-corrected chi connectivity index (χ2v) is 7.55. The van der Waals surface area contributed by atoms with Gasteiger partial charge in [0.25, 0.3) is 5.91 Å². The van der Waals surface area contributed by atoms with Gasteiger partial charge in [0.2, 0.25) is 0 Å². The summed E-state index contributed by atoms with van der Waals surface area (Å²) in [4.78, 5) is 20.1. The molecule has 28 heavy (non-hydrogen) atoms. The third-order valence-corrected chi connectivity index (χ3v) is 5.63. The molecule has 4 rings (SSSR count). The van der Waals surface area contributed by atoms with Gasteiger partial charge in [-0.25, -0.2) is 4.39 Å². The lowest BCUT2D eigenvalue weighted by Gasteiger charge is -2.28. The molecule has 0 fully saturated rings. The molecule has 6 nitrogen and oxygen atoms in total. The van der Waals surface area contributed by atoms with Crippen molar-refractivity contribution < 1.29 is 9.18 Å². The zero-order chi connectivity index (χ0) is 19.5. The maximum absolute atomic E-state index is 13.4. The molecular weight excluding hydrogens is 377 g/mol. The molecule has 1 aliphatic heterocycles. The number of thioether (sulfide) groups is 1. The molecule has 8 heteroatoms. The molecule has 1 amide bonds. The molecule has 0 saturated carbocycles. The molecule has 0 bridgehead atoms. The van der Waals surface area contributed by atoms with Crippen LogP contribution < -0.4 is 10.2 Å². The van der Waals surface area contributed by atoms with E-state index in [2.05, 4.69) is 20.5 Å². The summed E-state index contributed by atoms with van der Waals surface area (Å²) in [6, 6.07) is 11.7. The fourth-order valence-electron chi connectivity index (χ4n) is 3.07. The van der Waals surface area contributed by atoms with Crippen LogP contribution in [0.4, 0.5) is 10.1 Å². The maximum Gasteiger partial charge on any atom is 0.269 e. The van der Waals surface area contributed by atoms with Crippen molar-refractivity contribution in [1.82, 2.24) is 20.5 Å². The molecule has 0 spiro atoms. The van der Waals surface area contributed by atoms with Crippen LogP contribution in [0.15, 0.2) is 71.7 Å². The molecule has 0 radical (unpaired) electrons. The first kappa shape index (κ1) is 18.2. The predicted molar refractivity (Wildman–Crippen MR) is 107 cm³/mol. The summed E-state index contributed by atoms with van der Waals surface area (Å²) < 4.78 is 13.4. The number of aromatic nitrogens is 3. The van der Waals surface area contributed by atoms with Gasteiger partial charge in [0, 0.05) is 28.5 Å². The van der Waals surface area contributed by atoms with Crippen LogP contribution in [0.25, 0.3) is 0 Å². The van der Waals surface area contributed by atoms with Gasteiger partial charge in [-0.2, -0.15) is 5.10 Å². The van der Waals surface area contributed by atoms with Crippen molar-refractivity contribution in [3.8, 4) is 0 Å². The molecule has 1 aliphatic rings. The van der Waals surface area contributed by atoms with E-state index in [4.69, 9.17) is 0 Å². The lowest BCUT2D eigenvalue weighted by Crippen LogP contribution is -2.34. The van der Waals surface area contributed by atoms with Gasteiger partial charge in [0.1, 0.15) is 16.9 Å². The Morgan fingerprint density at radius 2 is 2.11 bits per heavy atom. The Bertz CT molecular complexity index is 989. The summed E-state index contributed by atoms with van der Waals surface area (Å²) in [7, 11) is 0. The molecule has 2 aromatic heterocycles. The second-order valence-electron chi connectivity index (χ2n) is 6.26. The number of carbonyl (C=O) groups is 1. The largest absolute Gasteiger partial charge is 0.345 e. The van der Waals surface area contributed by atoms with E-state index in [1.165, 1.54) is 12.1 Å². The van der Waals surface area contributed by atoms with Crippen LogP contribution >= 0.6 is 11.8 Å². The van der Waals surface area contributed by atoms with Gasteiger partial charge in [-0.05, 0) is 43.3 Å². The number of aromatic amines is 1. The van der Waals surface area contributed by atoms with Crippen molar-refractivity contribution >= 4 is 23.4 Å². The Morgan fingerprint density at radius 3 is 2.79 bits per heavy atom. The van der Waals surface area contributed by atoms with Crippen LogP contribution in [-0.4, -0.2) is 21.1 Å². The number of H-pyrrole nitrogens is 1. The smallest absolute Gasteiger partial charge is 0.269 e. The van der Waals surface area contributed by atoms with Crippen molar-refractivity contribution in [2.45, 2.75) is 18.8 Å². The monoisotopic (exact) mass is 395 g/mol. The number of anilines is 1. The van der Waals surface area contributed by atoms with Gasteiger partial charge < -0.3 is 10.2 Å². The van der Waals surface area contributed by atoms with E-state index in [1.807, 2.05) is 30.0 Å². The summed E-state index contributed by atoms with van der Waals surface area (Å²) >= 11 is 1.56. The number of carbonyl (C=O) groups excluding carboxylic acids is 1. The number of rotatable bonds is 5. The molecule has 3 heterocycles. The van der Waals surface area contributed by atoms with Crippen LogP contribution in [0, 0.1) is 5.82 Å². The summed E-state index contributed by atoms with van der Waals surface area (Å²) in [6.07, 6.45) is 5.23. The fourth-order valence-corrected chi connectivity index (χ4v) is 4.30. The SMILES string of the molecule is CC1=C(C(=O)NCc2ccccn2)N(c2ccc(F)cc2)C(c2cn[nH]c2)S1. The maximum atomic E-state index is 13.4. The summed E-state index contributed by atoms with van der Waals surface area (Å²) in [5.74, 6) is -0.525. The van der Waals surface area contributed by atoms with Crippen LogP contribution in [0.2, 0.25) is 0 Å². The highest BCUT2D eigenvalue weighted by atomic mass is 32.2. The number of benzene rings is 1. The molecule has 2 N–H and O–H groups in total. The Morgan fingerprint density at radius 1 is 1.29 bits per heavy atom. The highest BCUT2D eigenvalue weighted by Crippen LogP contribution is 2.49. The standard InChI is InChI=1S/C20H18FN5OS/c1-13-18(19(27)23-12-16-4-2-3-9-22-16)26(17-7-5-15(21)6-8-17)20(28-13)14-10-24-25-11-14/h2-11,20H,12H2,1H3,(H,23,27)(H,24,25). The molecule has 3 aromatic rings. The van der Waals surface area contributed by atoms with Gasteiger partial charge in [-0.3, -0.25) is 14.9 Å². The number of amides is 1. The number of halogens is 1. The fraction of sp³-hybridized carbons (Fsp3) is 0.150. The Hall–Kier alpha value is -3.13. The average Bonchev–Trinajstić information content (AvgIpc) is 3.35. The van der Waals surface area contributed by atoms with Gasteiger partial charge in [0.05, 0.1) is 18.4 Å². The van der Waals surface area contributed by atoms with E-state index < -0.39 is 0 Å². The van der Waals surface area contributed by atoms with E-state index in [0.29, 0.717) is 12.2 Å². The third kappa shape index (κ3) is 3.63. The van der Waals surface area contributed by atoms with Crippen LogP contribution in [0.3, 0.4) is 0 Å². The number of pyridine rings is 1. The van der Waals surface area contributed by atoms with Crippen LogP contribution in [0.1, 0.15) is 23.6 Å². The van der Waals surface area contributed by atoms with Crippen molar-refractivity contribution in [3.05, 3.63) is 88.7 Å². The van der Waals surface area contributed by atoms with Gasteiger partial charge in [-0.1, -0.05) is 17.8 Å². The molecule has 0 aliphatic carbocycles. The first-order chi connectivity index (χ1) is 13.6. The quantitative estimate of drug-likeness (QED) is 0.688. The average molecular weight is 395 g/mol. The van der Waals surface area contributed by atoms with Gasteiger partial charge >= 0.3 is 0 Å². The van der Waals surface area contributed by atoms with Crippen LogP contribution in [-0.2, 0) is 11.3 Å². The summed E-state index contributed by atoms with van der Waals surface area (Å²) in [6.45, 7) is 2.24. The molecule has 1 aromatic carbocycles. The Labute approximate surface area is 165 Å². The third-order valence-electron chi connectivity index (χ3n) is 4.38. The highest BCUT2D eigenvalue weighted by Gasteiger charge is 2.37. The van der Waals surface area contributed by atoms with Gasteiger partial charge in [0.15, 0.2) is 0 Å². The zero-order valence-electron chi connectivity index (χ0n) is 15.1. The first-order valence-electron chi connectivity index (χ1n) is 8.72. The lowest BCUT2D eigenvalue weighted by molar-refractivity contribution is -0.117. The van der Waals surface area contributed by atoms with E-state index >= 15 is 0 Å². The molecule has 1 unspecified atom stereocenters. The minimum atomic E-state index is -0.322. The highest BCUT2D eigenvalue weighted by molar-refractivity contribution is 8.03. The molecule has 0 saturated heterocycles. The second kappa shape index (κ2) is 7.85. The normalized spacial score (nSPS) is 16.5. The minimum Gasteiger partial charge on any atom is -0.345 e. The summed E-state index contributed by atoms with van der Waals surface area (Å²) in [5, 5.41) is 9.61. The van der Waals surface area contributed by atoms with E-state index in [9.17, 15) is 9.18 Å². The molecular formula is C20H18FN5OS. The number of hydrogen-bond acceptors (Lipinski definition) is 5. The molecule has 1 atom stereocenters. The first-order valence-corrected chi connectivity index (χ1v) is 9.60. The van der Waals surface area contributed by atoms with Crippen molar-refractivity contribution in [2.75, 3.05) is 4.90 Å². The number of hydrogen-bond donors (Lipinski definition) is 2. The lowest BCUT2D eigenvalue weighted by atomic mass is 10.2. The topological polar surface area (TPSA) is 73.9 Å². The number of allylic oxidation sites excluding steroid dienone is 1. The number of nitrogens with one attached hydrogen (secondary N) is 2. The van der Waals surface area contributed by atoms with Crippen molar-refractivity contribution in [2.24, 2.45) is 0 Å².